The molecule has 2 aromatic heterocycles. The summed E-state index contributed by atoms with van der Waals surface area (Å²) < 4.78 is 7.45. The summed E-state index contributed by atoms with van der Waals surface area (Å²) in [6.07, 6.45) is 4.33. The van der Waals surface area contributed by atoms with Gasteiger partial charge in [0.05, 0.1) is 6.26 Å². The molecule has 0 aromatic carbocycles. The van der Waals surface area contributed by atoms with E-state index < -0.39 is 0 Å². The quantitative estimate of drug-likeness (QED) is 0.858. The molecule has 5 nitrogen and oxygen atoms in total. The van der Waals surface area contributed by atoms with Gasteiger partial charge in [0, 0.05) is 6.54 Å². The highest BCUT2D eigenvalue weighted by atomic mass is 16.3. The fraction of sp³-hybridized carbons (Fsp3) is 0.500. The van der Waals surface area contributed by atoms with Crippen molar-refractivity contribution < 1.29 is 4.42 Å². The number of aromatic nitrogens is 3. The first kappa shape index (κ1) is 11.9. The van der Waals surface area contributed by atoms with E-state index in [9.17, 15) is 0 Å². The summed E-state index contributed by atoms with van der Waals surface area (Å²) in [4.78, 5) is 4.33. The molecule has 2 heterocycles. The highest BCUT2D eigenvalue weighted by molar-refractivity contribution is 5.23. The Hall–Kier alpha value is -1.62. The molecule has 2 rings (SSSR count). The molecule has 0 saturated carbocycles. The highest BCUT2D eigenvalue weighted by Crippen LogP contribution is 2.23. The summed E-state index contributed by atoms with van der Waals surface area (Å²) in [6.45, 7) is 5.02. The number of nitrogens with one attached hydrogen (secondary N) is 1. The van der Waals surface area contributed by atoms with E-state index in [-0.39, 0.29) is 6.04 Å². The molecule has 0 fully saturated rings. The van der Waals surface area contributed by atoms with Crippen LogP contribution in [0.2, 0.25) is 0 Å². The Morgan fingerprint density at radius 2 is 2.35 bits per heavy atom. The van der Waals surface area contributed by atoms with Crippen molar-refractivity contribution in [2.75, 3.05) is 7.05 Å². The van der Waals surface area contributed by atoms with E-state index >= 15 is 0 Å². The lowest BCUT2D eigenvalue weighted by Gasteiger charge is -2.15. The van der Waals surface area contributed by atoms with Crippen molar-refractivity contribution in [2.24, 2.45) is 0 Å². The molecule has 0 amide bonds. The zero-order valence-corrected chi connectivity index (χ0v) is 10.5. The number of rotatable bonds is 5. The molecule has 0 spiro atoms. The Balaban J connectivity index is 2.35. The molecular formula is C12H18N4O. The van der Waals surface area contributed by atoms with E-state index in [1.807, 2.05) is 24.7 Å². The number of hydrogen-bond acceptors (Lipinski definition) is 4. The van der Waals surface area contributed by atoms with E-state index in [1.165, 1.54) is 0 Å². The van der Waals surface area contributed by atoms with Gasteiger partial charge in [-0.25, -0.2) is 9.67 Å². The minimum absolute atomic E-state index is 0.0425. The minimum Gasteiger partial charge on any atom is -0.467 e. The van der Waals surface area contributed by atoms with Gasteiger partial charge in [0.1, 0.15) is 18.1 Å². The Bertz CT molecular complexity index is 474. The summed E-state index contributed by atoms with van der Waals surface area (Å²) >= 11 is 0. The molecule has 92 valence electrons. The monoisotopic (exact) mass is 234 g/mol. The van der Waals surface area contributed by atoms with Gasteiger partial charge in [-0.05, 0) is 32.0 Å². The predicted molar refractivity (Wildman–Crippen MR) is 64.7 cm³/mol. The number of nitrogens with zero attached hydrogens (tertiary/aromatic N) is 3. The first-order valence-corrected chi connectivity index (χ1v) is 5.86. The number of hydrogen-bond donors (Lipinski definition) is 1. The van der Waals surface area contributed by atoms with Crippen LogP contribution in [0.1, 0.15) is 36.5 Å². The molecule has 0 bridgehead atoms. The molecule has 1 atom stereocenters. The smallest absolute Gasteiger partial charge is 0.151 e. The molecule has 0 radical (unpaired) electrons. The van der Waals surface area contributed by atoms with Crippen LogP contribution in [0.25, 0.3) is 0 Å². The first-order valence-electron chi connectivity index (χ1n) is 5.86. The average Bonchev–Trinajstić information content (AvgIpc) is 2.92. The van der Waals surface area contributed by atoms with Gasteiger partial charge in [-0.1, -0.05) is 6.92 Å². The van der Waals surface area contributed by atoms with Crippen LogP contribution in [0.15, 0.2) is 23.1 Å². The Morgan fingerprint density at radius 1 is 1.53 bits per heavy atom. The van der Waals surface area contributed by atoms with E-state index in [0.717, 1.165) is 30.1 Å². The van der Waals surface area contributed by atoms with Gasteiger partial charge in [0.2, 0.25) is 0 Å². The molecule has 0 aliphatic heterocycles. The van der Waals surface area contributed by atoms with Gasteiger partial charge in [-0.3, -0.25) is 0 Å². The maximum absolute atomic E-state index is 5.53. The lowest BCUT2D eigenvalue weighted by molar-refractivity contribution is 0.431. The van der Waals surface area contributed by atoms with E-state index in [4.69, 9.17) is 4.42 Å². The zero-order valence-electron chi connectivity index (χ0n) is 10.5. The van der Waals surface area contributed by atoms with Gasteiger partial charge < -0.3 is 9.73 Å². The van der Waals surface area contributed by atoms with Crippen LogP contribution in [0.4, 0.5) is 0 Å². The third kappa shape index (κ3) is 2.24. The molecule has 2 aromatic rings. The highest BCUT2D eigenvalue weighted by Gasteiger charge is 2.22. The second kappa shape index (κ2) is 5.14. The molecule has 0 aliphatic rings. The molecule has 0 saturated heterocycles. The normalized spacial score (nSPS) is 12.9. The van der Waals surface area contributed by atoms with Gasteiger partial charge in [-0.2, -0.15) is 5.10 Å². The minimum atomic E-state index is -0.0425. The standard InChI is InChI=1S/C12H18N4O/c1-4-6-16-12(14-8-15-16)10(13-3)11-9(2)5-7-17-11/h5,7-8,10,13H,4,6H2,1-3H3. The second-order valence-corrected chi connectivity index (χ2v) is 4.03. The molecule has 17 heavy (non-hydrogen) atoms. The van der Waals surface area contributed by atoms with Crippen molar-refractivity contribution in [1.29, 1.82) is 0 Å². The molecule has 1 unspecified atom stereocenters. The SMILES string of the molecule is CCCn1ncnc1C(NC)c1occc1C. The van der Waals surface area contributed by atoms with Crippen molar-refractivity contribution >= 4 is 0 Å². The fourth-order valence-electron chi connectivity index (χ4n) is 1.94. The Labute approximate surface area is 101 Å². The predicted octanol–water partition coefficient (Wildman–Crippen LogP) is 1.90. The largest absolute Gasteiger partial charge is 0.467 e. The number of aryl methyl sites for hydroxylation is 2. The van der Waals surface area contributed by atoms with Crippen molar-refractivity contribution in [3.63, 3.8) is 0 Å². The average molecular weight is 234 g/mol. The lowest BCUT2D eigenvalue weighted by Crippen LogP contribution is -2.22. The summed E-state index contributed by atoms with van der Waals surface area (Å²) in [5, 5.41) is 7.47. The van der Waals surface area contributed by atoms with Crippen LogP contribution in [-0.4, -0.2) is 21.8 Å². The van der Waals surface area contributed by atoms with Gasteiger partial charge in [0.25, 0.3) is 0 Å². The van der Waals surface area contributed by atoms with Crippen molar-refractivity contribution in [3.05, 3.63) is 35.8 Å². The van der Waals surface area contributed by atoms with Crippen LogP contribution >= 0.6 is 0 Å². The maximum atomic E-state index is 5.53. The topological polar surface area (TPSA) is 55.9 Å². The van der Waals surface area contributed by atoms with Crippen molar-refractivity contribution in [1.82, 2.24) is 20.1 Å². The zero-order chi connectivity index (χ0) is 12.3. The molecular weight excluding hydrogens is 216 g/mol. The van der Waals surface area contributed by atoms with Gasteiger partial charge in [-0.15, -0.1) is 0 Å². The van der Waals surface area contributed by atoms with Crippen LogP contribution in [0, 0.1) is 6.92 Å². The van der Waals surface area contributed by atoms with Gasteiger partial charge >= 0.3 is 0 Å². The molecule has 0 aliphatic carbocycles. The molecule has 1 N–H and O–H groups in total. The lowest BCUT2D eigenvalue weighted by atomic mass is 10.1. The first-order chi connectivity index (χ1) is 8.27. The van der Waals surface area contributed by atoms with Crippen LogP contribution in [0.3, 0.4) is 0 Å². The van der Waals surface area contributed by atoms with E-state index in [0.29, 0.717) is 0 Å². The molecule has 5 heteroatoms. The summed E-state index contributed by atoms with van der Waals surface area (Å²) in [6, 6.07) is 1.92. The summed E-state index contributed by atoms with van der Waals surface area (Å²) in [5.74, 6) is 1.80. The van der Waals surface area contributed by atoms with Crippen LogP contribution in [0.5, 0.6) is 0 Å². The van der Waals surface area contributed by atoms with Crippen molar-refractivity contribution in [2.45, 2.75) is 32.9 Å². The number of furan rings is 1. The van der Waals surface area contributed by atoms with Crippen molar-refractivity contribution in [3.8, 4) is 0 Å². The second-order valence-electron chi connectivity index (χ2n) is 4.03. The van der Waals surface area contributed by atoms with E-state index in [2.05, 4.69) is 22.3 Å². The summed E-state index contributed by atoms with van der Waals surface area (Å²) in [5.41, 5.74) is 1.12. The third-order valence-electron chi connectivity index (χ3n) is 2.79. The Morgan fingerprint density at radius 3 is 2.94 bits per heavy atom. The van der Waals surface area contributed by atoms with Crippen LogP contribution < -0.4 is 5.32 Å². The van der Waals surface area contributed by atoms with E-state index in [1.54, 1.807) is 12.6 Å². The maximum Gasteiger partial charge on any atom is 0.151 e. The fourth-order valence-corrected chi connectivity index (χ4v) is 1.94. The van der Waals surface area contributed by atoms with Crippen LogP contribution in [-0.2, 0) is 6.54 Å². The third-order valence-corrected chi connectivity index (χ3v) is 2.79. The van der Waals surface area contributed by atoms with Gasteiger partial charge in [0.15, 0.2) is 5.82 Å². The Kier molecular flexibility index (Phi) is 3.58. The summed E-state index contributed by atoms with van der Waals surface area (Å²) in [7, 11) is 1.90.